The van der Waals surface area contributed by atoms with Crippen LogP contribution in [0.5, 0.6) is 5.75 Å². The number of ether oxygens (including phenoxy) is 1. The fraction of sp³-hybridized carbons (Fsp3) is 0.333. The third kappa shape index (κ3) is 3.10. The Morgan fingerprint density at radius 1 is 1.29 bits per heavy atom. The molecule has 0 saturated carbocycles. The molecule has 0 amide bonds. The molecule has 0 heterocycles. The van der Waals surface area contributed by atoms with E-state index in [4.69, 9.17) is 10.0 Å². The monoisotopic (exact) mass is 252 g/mol. The van der Waals surface area contributed by atoms with Gasteiger partial charge in [-0.3, -0.25) is 0 Å². The lowest BCUT2D eigenvalue weighted by Crippen LogP contribution is -2.31. The highest BCUT2D eigenvalue weighted by atomic mass is 19.4. The normalized spacial score (nSPS) is 11.5. The SMILES string of the molecule is CCOc1c(F)cc(B(O)O)cc1C(F)(F)F. The van der Waals surface area contributed by atoms with Gasteiger partial charge >= 0.3 is 13.3 Å². The predicted molar refractivity (Wildman–Crippen MR) is 52.4 cm³/mol. The van der Waals surface area contributed by atoms with Gasteiger partial charge in [0.25, 0.3) is 0 Å². The van der Waals surface area contributed by atoms with Crippen LogP contribution in [0.2, 0.25) is 0 Å². The molecule has 0 radical (unpaired) electrons. The van der Waals surface area contributed by atoms with E-state index < -0.39 is 35.9 Å². The van der Waals surface area contributed by atoms with Crippen molar-refractivity contribution in [1.82, 2.24) is 0 Å². The van der Waals surface area contributed by atoms with E-state index in [0.29, 0.717) is 12.1 Å². The van der Waals surface area contributed by atoms with E-state index in [0.717, 1.165) is 0 Å². The molecule has 17 heavy (non-hydrogen) atoms. The van der Waals surface area contributed by atoms with Crippen LogP contribution in [0.15, 0.2) is 12.1 Å². The van der Waals surface area contributed by atoms with Crippen LogP contribution < -0.4 is 10.2 Å². The van der Waals surface area contributed by atoms with E-state index in [9.17, 15) is 17.6 Å². The minimum atomic E-state index is -4.84. The lowest BCUT2D eigenvalue weighted by Gasteiger charge is -2.15. The Bertz CT molecular complexity index is 406. The number of benzene rings is 1. The Balaban J connectivity index is 3.39. The molecule has 94 valence electrons. The van der Waals surface area contributed by atoms with Crippen molar-refractivity contribution in [2.45, 2.75) is 13.1 Å². The Morgan fingerprint density at radius 2 is 1.88 bits per heavy atom. The summed E-state index contributed by atoms with van der Waals surface area (Å²) in [6.45, 7) is 1.27. The zero-order valence-electron chi connectivity index (χ0n) is 8.75. The van der Waals surface area contributed by atoms with Crippen molar-refractivity contribution in [2.24, 2.45) is 0 Å². The highest BCUT2D eigenvalue weighted by molar-refractivity contribution is 6.58. The van der Waals surface area contributed by atoms with Crippen molar-refractivity contribution in [3.63, 3.8) is 0 Å². The molecule has 3 nitrogen and oxygen atoms in total. The van der Waals surface area contributed by atoms with Crippen molar-refractivity contribution in [3.8, 4) is 5.75 Å². The zero-order valence-corrected chi connectivity index (χ0v) is 8.75. The first kappa shape index (κ1) is 13.8. The van der Waals surface area contributed by atoms with Crippen LogP contribution in [0, 0.1) is 5.82 Å². The third-order valence-corrected chi connectivity index (χ3v) is 1.96. The standard InChI is InChI=1S/C9H9BF4O3/c1-2-17-8-6(9(12,13)14)3-5(10(15)16)4-7(8)11/h3-4,15-16H,2H2,1H3. The van der Waals surface area contributed by atoms with Crippen molar-refractivity contribution in [1.29, 1.82) is 0 Å². The Morgan fingerprint density at radius 3 is 2.29 bits per heavy atom. The third-order valence-electron chi connectivity index (χ3n) is 1.96. The largest absolute Gasteiger partial charge is 0.490 e. The molecule has 2 N–H and O–H groups in total. The quantitative estimate of drug-likeness (QED) is 0.621. The minimum absolute atomic E-state index is 0.138. The number of hydrogen-bond acceptors (Lipinski definition) is 3. The van der Waals surface area contributed by atoms with Gasteiger partial charge in [0.05, 0.1) is 6.61 Å². The van der Waals surface area contributed by atoms with Gasteiger partial charge < -0.3 is 14.8 Å². The summed E-state index contributed by atoms with van der Waals surface area (Å²) in [6, 6.07) is 1.03. The van der Waals surface area contributed by atoms with E-state index in [1.165, 1.54) is 6.92 Å². The number of hydrogen-bond donors (Lipinski definition) is 2. The van der Waals surface area contributed by atoms with E-state index in [-0.39, 0.29) is 6.61 Å². The van der Waals surface area contributed by atoms with Gasteiger partial charge in [0, 0.05) is 0 Å². The lowest BCUT2D eigenvalue weighted by atomic mass is 9.79. The zero-order chi connectivity index (χ0) is 13.2. The summed E-state index contributed by atoms with van der Waals surface area (Å²) in [5, 5.41) is 17.5. The summed E-state index contributed by atoms with van der Waals surface area (Å²) in [7, 11) is -2.18. The van der Waals surface area contributed by atoms with Crippen molar-refractivity contribution < 1.29 is 32.3 Å². The van der Waals surface area contributed by atoms with E-state index >= 15 is 0 Å². The minimum Gasteiger partial charge on any atom is -0.490 e. The summed E-state index contributed by atoms with van der Waals surface area (Å²) >= 11 is 0. The second kappa shape index (κ2) is 4.93. The molecule has 0 aliphatic heterocycles. The molecule has 0 bridgehead atoms. The fourth-order valence-electron chi connectivity index (χ4n) is 1.27. The second-order valence-electron chi connectivity index (χ2n) is 3.18. The average Bonchev–Trinajstić information content (AvgIpc) is 2.18. The first-order valence-corrected chi connectivity index (χ1v) is 4.67. The predicted octanol–water partition coefficient (Wildman–Crippen LogP) is 0.923. The summed E-state index contributed by atoms with van der Waals surface area (Å²) in [5.41, 5.74) is -1.96. The van der Waals surface area contributed by atoms with Crippen LogP contribution in [-0.4, -0.2) is 23.8 Å². The van der Waals surface area contributed by atoms with Gasteiger partial charge in [-0.25, -0.2) is 4.39 Å². The maximum Gasteiger partial charge on any atom is 0.488 e. The molecule has 0 atom stereocenters. The lowest BCUT2D eigenvalue weighted by molar-refractivity contribution is -0.139. The Hall–Kier alpha value is -1.28. The molecule has 0 spiro atoms. The van der Waals surface area contributed by atoms with Crippen LogP contribution in [0.4, 0.5) is 17.6 Å². The Kier molecular flexibility index (Phi) is 4.00. The average molecular weight is 252 g/mol. The van der Waals surface area contributed by atoms with Gasteiger partial charge in [0.2, 0.25) is 0 Å². The summed E-state index contributed by atoms with van der Waals surface area (Å²) < 4.78 is 55.7. The fourth-order valence-corrected chi connectivity index (χ4v) is 1.27. The molecule has 1 rings (SSSR count). The van der Waals surface area contributed by atoms with Gasteiger partial charge in [-0.1, -0.05) is 0 Å². The van der Waals surface area contributed by atoms with Crippen molar-refractivity contribution in [3.05, 3.63) is 23.5 Å². The van der Waals surface area contributed by atoms with Gasteiger partial charge in [-0.2, -0.15) is 13.2 Å². The van der Waals surface area contributed by atoms with Crippen LogP contribution in [0.3, 0.4) is 0 Å². The van der Waals surface area contributed by atoms with Gasteiger partial charge in [0.15, 0.2) is 11.6 Å². The van der Waals surface area contributed by atoms with Crippen LogP contribution in [0.1, 0.15) is 12.5 Å². The molecule has 1 aromatic rings. The second-order valence-corrected chi connectivity index (χ2v) is 3.18. The van der Waals surface area contributed by atoms with Crippen molar-refractivity contribution >= 4 is 12.6 Å². The highest BCUT2D eigenvalue weighted by Gasteiger charge is 2.37. The summed E-state index contributed by atoms with van der Waals surface area (Å²) in [4.78, 5) is 0. The van der Waals surface area contributed by atoms with Crippen molar-refractivity contribution in [2.75, 3.05) is 6.61 Å². The molecule has 0 unspecified atom stereocenters. The van der Waals surface area contributed by atoms with Crippen LogP contribution in [-0.2, 0) is 6.18 Å². The first-order valence-electron chi connectivity index (χ1n) is 4.67. The molecule has 8 heteroatoms. The molecule has 0 aromatic heterocycles. The smallest absolute Gasteiger partial charge is 0.488 e. The highest BCUT2D eigenvalue weighted by Crippen LogP contribution is 2.37. The van der Waals surface area contributed by atoms with Gasteiger partial charge in [-0.15, -0.1) is 0 Å². The number of halogens is 4. The molecular weight excluding hydrogens is 243 g/mol. The Labute approximate surface area is 94.8 Å². The maximum atomic E-state index is 13.3. The molecule has 0 saturated heterocycles. The van der Waals surface area contributed by atoms with Gasteiger partial charge in [-0.05, 0) is 24.5 Å². The topological polar surface area (TPSA) is 49.7 Å². The summed E-state index contributed by atoms with van der Waals surface area (Å²) in [6.07, 6.45) is -4.84. The number of alkyl halides is 3. The molecule has 1 aromatic carbocycles. The summed E-state index contributed by atoms with van der Waals surface area (Å²) in [5.74, 6) is -2.23. The molecular formula is C9H9BF4O3. The maximum absolute atomic E-state index is 13.3. The van der Waals surface area contributed by atoms with Crippen LogP contribution >= 0.6 is 0 Å². The number of rotatable bonds is 3. The van der Waals surface area contributed by atoms with Gasteiger partial charge in [0.1, 0.15) is 5.56 Å². The van der Waals surface area contributed by atoms with E-state index in [1.807, 2.05) is 0 Å². The van der Waals surface area contributed by atoms with E-state index in [2.05, 4.69) is 4.74 Å². The first-order chi connectivity index (χ1) is 7.77. The van der Waals surface area contributed by atoms with Crippen LogP contribution in [0.25, 0.3) is 0 Å². The van der Waals surface area contributed by atoms with E-state index in [1.54, 1.807) is 0 Å². The molecule has 0 fully saturated rings. The molecule has 0 aliphatic rings. The molecule has 0 aliphatic carbocycles.